The van der Waals surface area contributed by atoms with Crippen LogP contribution in [0.2, 0.25) is 0 Å². The van der Waals surface area contributed by atoms with Gasteiger partial charge in [-0.2, -0.15) is 0 Å². The van der Waals surface area contributed by atoms with Gasteiger partial charge in [0.25, 0.3) is 0 Å². The molecule has 0 aliphatic carbocycles. The SMILES string of the molecule is CCC(C)NC(=O)C1CSC2(CCN(C(=O)CC(C)C)CC2)N1. The van der Waals surface area contributed by atoms with Crippen LogP contribution in [-0.2, 0) is 9.59 Å². The largest absolute Gasteiger partial charge is 0.352 e. The van der Waals surface area contributed by atoms with E-state index >= 15 is 0 Å². The third-order valence-electron chi connectivity index (χ3n) is 4.79. The first-order chi connectivity index (χ1) is 10.8. The lowest BCUT2D eigenvalue weighted by Crippen LogP contribution is -2.55. The molecule has 1 spiro atoms. The van der Waals surface area contributed by atoms with Gasteiger partial charge in [0, 0.05) is 31.3 Å². The summed E-state index contributed by atoms with van der Waals surface area (Å²) in [4.78, 5) is 26.4. The Balaban J connectivity index is 1.83. The van der Waals surface area contributed by atoms with Gasteiger partial charge < -0.3 is 10.2 Å². The average molecular weight is 342 g/mol. The molecule has 0 saturated carbocycles. The predicted molar refractivity (Wildman–Crippen MR) is 95.3 cm³/mol. The summed E-state index contributed by atoms with van der Waals surface area (Å²) in [5, 5.41) is 6.61. The van der Waals surface area contributed by atoms with Gasteiger partial charge in [0.05, 0.1) is 10.9 Å². The van der Waals surface area contributed by atoms with Crippen LogP contribution in [0.1, 0.15) is 53.4 Å². The maximum atomic E-state index is 12.3. The average Bonchev–Trinajstić information content (AvgIpc) is 2.91. The van der Waals surface area contributed by atoms with Crippen molar-refractivity contribution in [3.8, 4) is 0 Å². The van der Waals surface area contributed by atoms with Crippen molar-refractivity contribution in [2.45, 2.75) is 70.3 Å². The molecule has 0 aromatic heterocycles. The summed E-state index contributed by atoms with van der Waals surface area (Å²) >= 11 is 1.85. The Morgan fingerprint density at radius 3 is 2.52 bits per heavy atom. The Hall–Kier alpha value is -0.750. The van der Waals surface area contributed by atoms with Crippen molar-refractivity contribution in [2.75, 3.05) is 18.8 Å². The first-order valence-corrected chi connectivity index (χ1v) is 9.83. The molecule has 2 unspecified atom stereocenters. The molecule has 2 amide bonds. The van der Waals surface area contributed by atoms with Gasteiger partial charge in [-0.3, -0.25) is 14.9 Å². The van der Waals surface area contributed by atoms with Crippen LogP contribution >= 0.6 is 11.8 Å². The fraction of sp³-hybridized carbons (Fsp3) is 0.882. The van der Waals surface area contributed by atoms with Crippen LogP contribution in [0, 0.1) is 5.92 Å². The van der Waals surface area contributed by atoms with Gasteiger partial charge >= 0.3 is 0 Å². The number of nitrogens with one attached hydrogen (secondary N) is 2. The molecule has 2 aliphatic rings. The highest BCUT2D eigenvalue weighted by Gasteiger charge is 2.44. The first-order valence-electron chi connectivity index (χ1n) is 8.85. The topological polar surface area (TPSA) is 61.4 Å². The van der Waals surface area contributed by atoms with Crippen molar-refractivity contribution in [1.29, 1.82) is 0 Å². The van der Waals surface area contributed by atoms with Crippen LogP contribution in [0.3, 0.4) is 0 Å². The summed E-state index contributed by atoms with van der Waals surface area (Å²) in [5.74, 6) is 1.61. The maximum absolute atomic E-state index is 12.3. The molecule has 2 N–H and O–H groups in total. The van der Waals surface area contributed by atoms with Gasteiger partial charge in [-0.25, -0.2) is 0 Å². The molecular weight excluding hydrogens is 310 g/mol. The van der Waals surface area contributed by atoms with Gasteiger partial charge in [-0.1, -0.05) is 20.8 Å². The lowest BCUT2D eigenvalue weighted by molar-refractivity contribution is -0.133. The number of likely N-dealkylation sites (tertiary alicyclic amines) is 1. The molecule has 2 saturated heterocycles. The van der Waals surface area contributed by atoms with Crippen molar-refractivity contribution in [2.24, 2.45) is 5.92 Å². The summed E-state index contributed by atoms with van der Waals surface area (Å²) < 4.78 is 0. The van der Waals surface area contributed by atoms with Gasteiger partial charge in [0.2, 0.25) is 11.8 Å². The molecule has 2 fully saturated rings. The second-order valence-electron chi connectivity index (χ2n) is 7.30. The number of hydrogen-bond donors (Lipinski definition) is 2. The highest BCUT2D eigenvalue weighted by atomic mass is 32.2. The smallest absolute Gasteiger partial charge is 0.238 e. The van der Waals surface area contributed by atoms with Gasteiger partial charge in [-0.15, -0.1) is 11.8 Å². The summed E-state index contributed by atoms with van der Waals surface area (Å²) in [7, 11) is 0. The molecular formula is C17H31N3O2S. The second-order valence-corrected chi connectivity index (χ2v) is 8.70. The zero-order valence-electron chi connectivity index (χ0n) is 14.9. The fourth-order valence-corrected chi connectivity index (χ4v) is 4.53. The Kier molecular flexibility index (Phi) is 6.37. The van der Waals surface area contributed by atoms with Crippen LogP contribution < -0.4 is 10.6 Å². The second kappa shape index (κ2) is 7.88. The molecule has 2 heterocycles. The Morgan fingerprint density at radius 1 is 1.30 bits per heavy atom. The van der Waals surface area contributed by atoms with E-state index in [2.05, 4.69) is 31.4 Å². The molecule has 2 atom stereocenters. The molecule has 0 radical (unpaired) electrons. The van der Waals surface area contributed by atoms with E-state index in [-0.39, 0.29) is 28.8 Å². The van der Waals surface area contributed by atoms with Crippen LogP contribution in [0.15, 0.2) is 0 Å². The first kappa shape index (κ1) is 18.6. The number of thioether (sulfide) groups is 1. The molecule has 0 aromatic rings. The van der Waals surface area contributed by atoms with Crippen molar-refractivity contribution in [1.82, 2.24) is 15.5 Å². The van der Waals surface area contributed by atoms with E-state index in [1.165, 1.54) is 0 Å². The monoisotopic (exact) mass is 341 g/mol. The highest BCUT2D eigenvalue weighted by Crippen LogP contribution is 2.39. The molecule has 0 bridgehead atoms. The minimum absolute atomic E-state index is 0.0218. The van der Waals surface area contributed by atoms with Crippen molar-refractivity contribution < 1.29 is 9.59 Å². The third kappa shape index (κ3) is 4.86. The summed E-state index contributed by atoms with van der Waals surface area (Å²) in [6, 6.07) is 0.119. The maximum Gasteiger partial charge on any atom is 0.238 e. The van der Waals surface area contributed by atoms with Crippen LogP contribution in [0.5, 0.6) is 0 Å². The number of amides is 2. The van der Waals surface area contributed by atoms with E-state index < -0.39 is 0 Å². The molecule has 2 rings (SSSR count). The summed E-state index contributed by atoms with van der Waals surface area (Å²) in [5.41, 5.74) is 0. The Morgan fingerprint density at radius 2 is 1.96 bits per heavy atom. The fourth-order valence-electron chi connectivity index (χ4n) is 3.11. The van der Waals surface area contributed by atoms with E-state index in [1.807, 2.05) is 23.6 Å². The van der Waals surface area contributed by atoms with Crippen molar-refractivity contribution in [3.05, 3.63) is 0 Å². The molecule has 23 heavy (non-hydrogen) atoms. The van der Waals surface area contributed by atoms with Crippen LogP contribution in [0.4, 0.5) is 0 Å². The minimum atomic E-state index is -0.105. The zero-order chi connectivity index (χ0) is 17.0. The number of carbonyl (C=O) groups is 2. The van der Waals surface area contributed by atoms with Gasteiger partial charge in [-0.05, 0) is 32.1 Å². The van der Waals surface area contributed by atoms with E-state index in [1.54, 1.807) is 0 Å². The third-order valence-corrected chi connectivity index (χ3v) is 6.37. The van der Waals surface area contributed by atoms with Crippen molar-refractivity contribution >= 4 is 23.6 Å². The van der Waals surface area contributed by atoms with Crippen LogP contribution in [0.25, 0.3) is 0 Å². The van der Waals surface area contributed by atoms with Gasteiger partial charge in [0.1, 0.15) is 0 Å². The number of piperidine rings is 1. The quantitative estimate of drug-likeness (QED) is 0.803. The lowest BCUT2D eigenvalue weighted by Gasteiger charge is -2.39. The van der Waals surface area contributed by atoms with E-state index in [4.69, 9.17) is 0 Å². The van der Waals surface area contributed by atoms with E-state index in [9.17, 15) is 9.59 Å². The molecule has 5 nitrogen and oxygen atoms in total. The number of rotatable bonds is 5. The molecule has 132 valence electrons. The van der Waals surface area contributed by atoms with Crippen LogP contribution in [-0.4, -0.2) is 52.5 Å². The Bertz CT molecular complexity index is 434. The standard InChI is InChI=1S/C17H31N3O2S/c1-5-13(4)18-16(22)14-11-23-17(19-14)6-8-20(9-7-17)15(21)10-12(2)3/h12-14,19H,5-11H2,1-4H3,(H,18,22). The number of nitrogens with zero attached hydrogens (tertiary/aromatic N) is 1. The summed E-state index contributed by atoms with van der Waals surface area (Å²) in [6.07, 6.45) is 3.43. The summed E-state index contributed by atoms with van der Waals surface area (Å²) in [6.45, 7) is 9.87. The number of hydrogen-bond acceptors (Lipinski definition) is 4. The van der Waals surface area contributed by atoms with Gasteiger partial charge in [0.15, 0.2) is 0 Å². The predicted octanol–water partition coefficient (Wildman–Crippen LogP) is 1.97. The molecule has 2 aliphatic heterocycles. The van der Waals surface area contributed by atoms with E-state index in [0.29, 0.717) is 12.3 Å². The normalized spacial score (nSPS) is 24.9. The highest BCUT2D eigenvalue weighted by molar-refractivity contribution is 8.01. The minimum Gasteiger partial charge on any atom is -0.352 e. The zero-order valence-corrected chi connectivity index (χ0v) is 15.7. The van der Waals surface area contributed by atoms with Crippen molar-refractivity contribution in [3.63, 3.8) is 0 Å². The van der Waals surface area contributed by atoms with E-state index in [0.717, 1.165) is 38.1 Å². The number of carbonyl (C=O) groups excluding carboxylic acids is 2. The Labute approximate surface area is 144 Å². The molecule has 6 heteroatoms. The molecule has 0 aromatic carbocycles. The lowest BCUT2D eigenvalue weighted by atomic mass is 10.0.